The Bertz CT molecular complexity index is 383. The largest absolute Gasteiger partial charge is 0.481 e. The normalized spacial score (nSPS) is 11.3. The fourth-order valence-corrected chi connectivity index (χ4v) is 1.38. The molecule has 0 fully saturated rings. The van der Waals surface area contributed by atoms with E-state index in [1.54, 1.807) is 20.9 Å². The molecule has 0 aliphatic carbocycles. The molecule has 0 radical (unpaired) electrons. The van der Waals surface area contributed by atoms with Gasteiger partial charge in [0.25, 0.3) is 0 Å². The second kappa shape index (κ2) is 8.89. The summed E-state index contributed by atoms with van der Waals surface area (Å²) < 4.78 is 0. The highest BCUT2D eigenvalue weighted by Gasteiger charge is 2.15. The second-order valence-electron chi connectivity index (χ2n) is 4.55. The van der Waals surface area contributed by atoms with Gasteiger partial charge in [-0.1, -0.05) is 6.92 Å². The van der Waals surface area contributed by atoms with Crippen molar-refractivity contribution >= 4 is 23.8 Å². The molecule has 0 saturated carbocycles. The van der Waals surface area contributed by atoms with Gasteiger partial charge in [0.1, 0.15) is 0 Å². The highest BCUT2D eigenvalue weighted by atomic mass is 16.4. The van der Waals surface area contributed by atoms with Gasteiger partial charge in [-0.05, 0) is 12.8 Å². The second-order valence-corrected chi connectivity index (χ2v) is 4.55. The van der Waals surface area contributed by atoms with Crippen molar-refractivity contribution in [2.75, 3.05) is 20.1 Å². The number of carboxylic acid groups (broad SMARTS) is 1. The van der Waals surface area contributed by atoms with E-state index in [9.17, 15) is 19.2 Å². The molecule has 1 atom stereocenters. The van der Waals surface area contributed by atoms with E-state index in [1.165, 1.54) is 4.90 Å². The van der Waals surface area contributed by atoms with Gasteiger partial charge >= 0.3 is 12.0 Å². The van der Waals surface area contributed by atoms with Gasteiger partial charge in [-0.2, -0.15) is 0 Å². The minimum atomic E-state index is -0.997. The summed E-state index contributed by atoms with van der Waals surface area (Å²) in [4.78, 5) is 46.0. The summed E-state index contributed by atoms with van der Waals surface area (Å²) in [6.45, 7) is 3.72. The molecule has 1 unspecified atom stereocenters. The summed E-state index contributed by atoms with van der Waals surface area (Å²) in [5.41, 5.74) is 0. The van der Waals surface area contributed by atoms with Crippen molar-refractivity contribution in [3.05, 3.63) is 0 Å². The minimum absolute atomic E-state index is 0.0669. The monoisotopic (exact) mass is 287 g/mol. The number of urea groups is 1. The fraction of sp³-hybridized carbons (Fsp3) is 0.667. The SMILES string of the molecule is CCN(C)C(=O)CNC(=O)NC(=O)CC(C)CC(=O)O. The molecule has 0 rings (SSSR count). The van der Waals surface area contributed by atoms with E-state index in [-0.39, 0.29) is 31.2 Å². The maximum absolute atomic E-state index is 11.4. The van der Waals surface area contributed by atoms with Crippen LogP contribution in [0.4, 0.5) is 4.79 Å². The van der Waals surface area contributed by atoms with Crippen LogP contribution in [0.1, 0.15) is 26.7 Å². The predicted molar refractivity (Wildman–Crippen MR) is 70.9 cm³/mol. The molecule has 0 aliphatic heterocycles. The number of likely N-dealkylation sites (N-methyl/N-ethyl adjacent to an activating group) is 1. The van der Waals surface area contributed by atoms with Crippen molar-refractivity contribution in [2.24, 2.45) is 5.92 Å². The third kappa shape index (κ3) is 8.06. The number of amides is 4. The Labute approximate surface area is 117 Å². The van der Waals surface area contributed by atoms with Crippen molar-refractivity contribution in [1.29, 1.82) is 0 Å². The molecule has 0 heterocycles. The lowest BCUT2D eigenvalue weighted by Crippen LogP contribution is -2.44. The molecule has 0 aromatic rings. The number of carbonyl (C=O) groups is 4. The molecular formula is C12H21N3O5. The first-order valence-corrected chi connectivity index (χ1v) is 6.29. The van der Waals surface area contributed by atoms with Crippen molar-refractivity contribution in [2.45, 2.75) is 26.7 Å². The van der Waals surface area contributed by atoms with E-state index >= 15 is 0 Å². The summed E-state index contributed by atoms with van der Waals surface area (Å²) in [5, 5.41) is 12.9. The van der Waals surface area contributed by atoms with Crippen LogP contribution in [0.5, 0.6) is 0 Å². The van der Waals surface area contributed by atoms with E-state index in [1.807, 2.05) is 5.32 Å². The number of nitrogens with zero attached hydrogens (tertiary/aromatic N) is 1. The number of carbonyl (C=O) groups excluding carboxylic acids is 3. The molecule has 0 aromatic heterocycles. The Hall–Kier alpha value is -2.12. The van der Waals surface area contributed by atoms with Crippen LogP contribution in [-0.2, 0) is 14.4 Å². The van der Waals surface area contributed by atoms with E-state index in [4.69, 9.17) is 5.11 Å². The number of carboxylic acids is 1. The zero-order chi connectivity index (χ0) is 15.7. The number of rotatable bonds is 7. The van der Waals surface area contributed by atoms with Gasteiger partial charge in [0.05, 0.1) is 6.54 Å². The molecule has 114 valence electrons. The number of nitrogens with one attached hydrogen (secondary N) is 2. The smallest absolute Gasteiger partial charge is 0.321 e. The summed E-state index contributed by atoms with van der Waals surface area (Å²) in [6.07, 6.45) is -0.211. The predicted octanol–water partition coefficient (Wildman–Crippen LogP) is -0.209. The molecular weight excluding hydrogens is 266 g/mol. The van der Waals surface area contributed by atoms with E-state index in [2.05, 4.69) is 5.32 Å². The van der Waals surface area contributed by atoms with E-state index < -0.39 is 17.9 Å². The van der Waals surface area contributed by atoms with Gasteiger partial charge in [0.2, 0.25) is 11.8 Å². The number of hydrogen-bond donors (Lipinski definition) is 3. The first kappa shape index (κ1) is 17.9. The van der Waals surface area contributed by atoms with Gasteiger partial charge in [-0.15, -0.1) is 0 Å². The summed E-state index contributed by atoms with van der Waals surface area (Å²) in [6, 6.07) is -0.768. The van der Waals surface area contributed by atoms with Gasteiger partial charge in [-0.25, -0.2) is 4.79 Å². The van der Waals surface area contributed by atoms with Crippen LogP contribution in [0.25, 0.3) is 0 Å². The van der Waals surface area contributed by atoms with Crippen LogP contribution in [0.2, 0.25) is 0 Å². The lowest BCUT2D eigenvalue weighted by Gasteiger charge is -2.15. The van der Waals surface area contributed by atoms with Gasteiger partial charge in [0.15, 0.2) is 0 Å². The number of aliphatic carboxylic acids is 1. The summed E-state index contributed by atoms with van der Waals surface area (Å²) >= 11 is 0. The fourth-order valence-electron chi connectivity index (χ4n) is 1.38. The zero-order valence-corrected chi connectivity index (χ0v) is 11.9. The van der Waals surface area contributed by atoms with E-state index in [0.717, 1.165) is 0 Å². The standard InChI is InChI=1S/C12H21N3O5/c1-4-15(3)10(17)7-13-12(20)14-9(16)5-8(2)6-11(18)19/h8H,4-7H2,1-3H3,(H,18,19)(H2,13,14,16,20). The lowest BCUT2D eigenvalue weighted by atomic mass is 10.0. The average Bonchev–Trinajstić information content (AvgIpc) is 2.33. The lowest BCUT2D eigenvalue weighted by molar-refractivity contribution is -0.138. The van der Waals surface area contributed by atoms with Crippen LogP contribution in [0.3, 0.4) is 0 Å². The van der Waals surface area contributed by atoms with Crippen LogP contribution >= 0.6 is 0 Å². The molecule has 20 heavy (non-hydrogen) atoms. The first-order valence-electron chi connectivity index (χ1n) is 6.29. The Morgan fingerprint density at radius 2 is 1.80 bits per heavy atom. The Morgan fingerprint density at radius 3 is 2.30 bits per heavy atom. The number of hydrogen-bond acceptors (Lipinski definition) is 4. The third-order valence-corrected chi connectivity index (χ3v) is 2.61. The maximum Gasteiger partial charge on any atom is 0.321 e. The van der Waals surface area contributed by atoms with Crippen LogP contribution in [0.15, 0.2) is 0 Å². The Morgan fingerprint density at radius 1 is 1.20 bits per heavy atom. The molecule has 3 N–H and O–H groups in total. The molecule has 0 spiro atoms. The summed E-state index contributed by atoms with van der Waals surface area (Å²) in [7, 11) is 1.60. The third-order valence-electron chi connectivity index (χ3n) is 2.61. The van der Waals surface area contributed by atoms with E-state index in [0.29, 0.717) is 6.54 Å². The maximum atomic E-state index is 11.4. The Kier molecular flexibility index (Phi) is 7.95. The average molecular weight is 287 g/mol. The minimum Gasteiger partial charge on any atom is -0.481 e. The molecule has 8 nitrogen and oxygen atoms in total. The Balaban J connectivity index is 3.99. The van der Waals surface area contributed by atoms with Gasteiger partial charge in [-0.3, -0.25) is 19.7 Å². The topological polar surface area (TPSA) is 116 Å². The molecule has 0 saturated heterocycles. The molecule has 0 bridgehead atoms. The molecule has 0 aliphatic rings. The molecule has 0 aromatic carbocycles. The number of imide groups is 1. The van der Waals surface area contributed by atoms with Gasteiger partial charge in [0, 0.05) is 26.4 Å². The van der Waals surface area contributed by atoms with Crippen molar-refractivity contribution in [1.82, 2.24) is 15.5 Å². The molecule has 4 amide bonds. The highest BCUT2D eigenvalue weighted by Crippen LogP contribution is 2.06. The van der Waals surface area contributed by atoms with Crippen molar-refractivity contribution in [3.8, 4) is 0 Å². The quantitative estimate of drug-likeness (QED) is 0.599. The summed E-state index contributed by atoms with van der Waals surface area (Å²) in [5.74, 6) is -2.21. The van der Waals surface area contributed by atoms with Crippen LogP contribution in [0, 0.1) is 5.92 Å². The zero-order valence-electron chi connectivity index (χ0n) is 11.9. The van der Waals surface area contributed by atoms with Crippen molar-refractivity contribution < 1.29 is 24.3 Å². The van der Waals surface area contributed by atoms with Crippen LogP contribution < -0.4 is 10.6 Å². The first-order chi connectivity index (χ1) is 9.26. The highest BCUT2D eigenvalue weighted by molar-refractivity contribution is 5.95. The van der Waals surface area contributed by atoms with Crippen LogP contribution in [-0.4, -0.2) is 54.0 Å². The molecule has 8 heteroatoms. The van der Waals surface area contributed by atoms with Crippen molar-refractivity contribution in [3.63, 3.8) is 0 Å². The van der Waals surface area contributed by atoms with Gasteiger partial charge < -0.3 is 15.3 Å².